The second-order valence-corrected chi connectivity index (χ2v) is 5.37. The molecule has 0 unspecified atom stereocenters. The molecule has 3 rings (SSSR count). The molecule has 0 radical (unpaired) electrons. The van der Waals surface area contributed by atoms with Gasteiger partial charge < -0.3 is 14.5 Å². The minimum absolute atomic E-state index is 0.110. The summed E-state index contributed by atoms with van der Waals surface area (Å²) in [5.41, 5.74) is 0.781. The molecule has 0 aliphatic carbocycles. The Kier molecular flexibility index (Phi) is 4.82. The average molecular weight is 346 g/mol. The Morgan fingerprint density at radius 1 is 1.08 bits per heavy atom. The van der Waals surface area contributed by atoms with Crippen LogP contribution in [-0.4, -0.2) is 5.91 Å². The number of ether oxygens (including phenoxy) is 1. The standard InChI is InChI=1S/C18H13ClFNO3/c19-14-3-1-2-4-15(14)23-17-10-9-16(24-17)18(22)21-11-12-5-7-13(20)8-6-12/h1-10H,11H2,(H,21,22). The molecule has 0 saturated heterocycles. The summed E-state index contributed by atoms with van der Waals surface area (Å²) in [4.78, 5) is 12.1. The molecule has 0 aliphatic heterocycles. The van der Waals surface area contributed by atoms with Crippen LogP contribution < -0.4 is 10.1 Å². The maximum atomic E-state index is 12.8. The molecule has 3 aromatic rings. The molecular formula is C18H13ClFNO3. The van der Waals surface area contributed by atoms with Crippen LogP contribution in [0.15, 0.2) is 65.1 Å². The second kappa shape index (κ2) is 7.19. The van der Waals surface area contributed by atoms with Crippen LogP contribution in [0.4, 0.5) is 4.39 Å². The Labute approximate surface area is 142 Å². The van der Waals surface area contributed by atoms with E-state index in [-0.39, 0.29) is 24.1 Å². The third kappa shape index (κ3) is 3.94. The molecule has 1 heterocycles. The van der Waals surface area contributed by atoms with E-state index in [1.807, 2.05) is 0 Å². The van der Waals surface area contributed by atoms with Crippen molar-refractivity contribution in [3.05, 3.63) is 82.8 Å². The molecule has 2 aromatic carbocycles. The zero-order chi connectivity index (χ0) is 16.9. The Morgan fingerprint density at radius 3 is 2.58 bits per heavy atom. The fourth-order valence-corrected chi connectivity index (χ4v) is 2.18. The molecule has 1 aromatic heterocycles. The number of nitrogens with one attached hydrogen (secondary N) is 1. The molecule has 0 atom stereocenters. The van der Waals surface area contributed by atoms with Gasteiger partial charge in [0.25, 0.3) is 11.9 Å². The summed E-state index contributed by atoms with van der Waals surface area (Å²) in [5.74, 6) is -0.00760. The van der Waals surface area contributed by atoms with Crippen LogP contribution in [0.5, 0.6) is 11.7 Å². The lowest BCUT2D eigenvalue weighted by Crippen LogP contribution is -2.22. The molecule has 0 bridgehead atoms. The highest BCUT2D eigenvalue weighted by molar-refractivity contribution is 6.32. The largest absolute Gasteiger partial charge is 0.424 e. The van der Waals surface area contributed by atoms with Gasteiger partial charge in [0.15, 0.2) is 5.76 Å². The minimum Gasteiger partial charge on any atom is -0.424 e. The van der Waals surface area contributed by atoms with E-state index >= 15 is 0 Å². The monoisotopic (exact) mass is 345 g/mol. The number of hydrogen-bond donors (Lipinski definition) is 1. The maximum Gasteiger partial charge on any atom is 0.290 e. The Hall–Kier alpha value is -2.79. The molecule has 0 fully saturated rings. The minimum atomic E-state index is -0.395. The summed E-state index contributed by atoms with van der Waals surface area (Å²) in [7, 11) is 0. The van der Waals surface area contributed by atoms with Crippen LogP contribution in [0.1, 0.15) is 16.1 Å². The molecule has 6 heteroatoms. The molecule has 0 spiro atoms. The van der Waals surface area contributed by atoms with Crippen molar-refractivity contribution in [1.29, 1.82) is 0 Å². The van der Waals surface area contributed by atoms with E-state index in [1.165, 1.54) is 24.3 Å². The highest BCUT2D eigenvalue weighted by atomic mass is 35.5. The van der Waals surface area contributed by atoms with E-state index < -0.39 is 5.91 Å². The molecule has 0 aliphatic rings. The first-order chi connectivity index (χ1) is 11.6. The van der Waals surface area contributed by atoms with E-state index in [1.54, 1.807) is 36.4 Å². The molecule has 24 heavy (non-hydrogen) atoms. The van der Waals surface area contributed by atoms with Gasteiger partial charge in [-0.2, -0.15) is 0 Å². The quantitative estimate of drug-likeness (QED) is 0.723. The fourth-order valence-electron chi connectivity index (χ4n) is 2.00. The summed E-state index contributed by atoms with van der Waals surface area (Å²) in [6.45, 7) is 0.264. The summed E-state index contributed by atoms with van der Waals surface area (Å²) < 4.78 is 23.7. The van der Waals surface area contributed by atoms with Gasteiger partial charge >= 0.3 is 0 Å². The van der Waals surface area contributed by atoms with Crippen LogP contribution in [0.2, 0.25) is 5.02 Å². The Balaban J connectivity index is 1.61. The predicted octanol–water partition coefficient (Wildman–Crippen LogP) is 4.79. The van der Waals surface area contributed by atoms with Crippen molar-refractivity contribution in [2.75, 3.05) is 0 Å². The number of rotatable bonds is 5. The summed E-state index contributed by atoms with van der Waals surface area (Å²) in [6.07, 6.45) is 0. The van der Waals surface area contributed by atoms with Crippen LogP contribution >= 0.6 is 11.6 Å². The van der Waals surface area contributed by atoms with Gasteiger partial charge in [0.05, 0.1) is 5.02 Å². The number of carbonyl (C=O) groups excluding carboxylic acids is 1. The van der Waals surface area contributed by atoms with E-state index in [2.05, 4.69) is 5.32 Å². The Morgan fingerprint density at radius 2 is 1.83 bits per heavy atom. The van der Waals surface area contributed by atoms with Crippen molar-refractivity contribution >= 4 is 17.5 Å². The molecular weight excluding hydrogens is 333 g/mol. The van der Waals surface area contributed by atoms with Crippen molar-refractivity contribution in [3.63, 3.8) is 0 Å². The Bertz CT molecular complexity index is 845. The molecule has 4 nitrogen and oxygen atoms in total. The van der Waals surface area contributed by atoms with E-state index in [9.17, 15) is 9.18 Å². The molecule has 1 amide bonds. The maximum absolute atomic E-state index is 12.8. The van der Waals surface area contributed by atoms with Crippen LogP contribution in [-0.2, 0) is 6.54 Å². The van der Waals surface area contributed by atoms with Crippen molar-refractivity contribution in [2.45, 2.75) is 6.54 Å². The van der Waals surface area contributed by atoms with Crippen molar-refractivity contribution in [1.82, 2.24) is 5.32 Å². The third-order valence-corrected chi connectivity index (χ3v) is 3.53. The second-order valence-electron chi connectivity index (χ2n) is 4.96. The lowest BCUT2D eigenvalue weighted by molar-refractivity contribution is 0.0918. The van der Waals surface area contributed by atoms with Gasteiger partial charge in [0, 0.05) is 12.6 Å². The number of hydrogen-bond acceptors (Lipinski definition) is 3. The van der Waals surface area contributed by atoms with Crippen LogP contribution in [0.25, 0.3) is 0 Å². The van der Waals surface area contributed by atoms with Gasteiger partial charge in [-0.15, -0.1) is 0 Å². The van der Waals surface area contributed by atoms with E-state index in [4.69, 9.17) is 20.8 Å². The SMILES string of the molecule is O=C(NCc1ccc(F)cc1)c1ccc(Oc2ccccc2Cl)o1. The molecule has 122 valence electrons. The first-order valence-electron chi connectivity index (χ1n) is 7.17. The van der Waals surface area contributed by atoms with Crippen molar-refractivity contribution < 1.29 is 18.3 Å². The average Bonchev–Trinajstić information content (AvgIpc) is 3.05. The summed E-state index contributed by atoms with van der Waals surface area (Å²) in [6, 6.07) is 15.9. The third-order valence-electron chi connectivity index (χ3n) is 3.22. The van der Waals surface area contributed by atoms with Gasteiger partial charge in [-0.05, 0) is 35.9 Å². The number of benzene rings is 2. The molecule has 0 saturated carbocycles. The van der Waals surface area contributed by atoms with E-state index in [0.717, 1.165) is 5.56 Å². The summed E-state index contributed by atoms with van der Waals surface area (Å²) >= 11 is 6.00. The highest BCUT2D eigenvalue weighted by Gasteiger charge is 2.13. The number of furan rings is 1. The highest BCUT2D eigenvalue weighted by Crippen LogP contribution is 2.29. The zero-order valence-electron chi connectivity index (χ0n) is 12.5. The first kappa shape index (κ1) is 16.1. The van der Waals surface area contributed by atoms with Gasteiger partial charge in [-0.1, -0.05) is 35.9 Å². The van der Waals surface area contributed by atoms with Crippen LogP contribution in [0, 0.1) is 5.82 Å². The normalized spacial score (nSPS) is 10.4. The smallest absolute Gasteiger partial charge is 0.290 e. The fraction of sp³-hybridized carbons (Fsp3) is 0.0556. The lowest BCUT2D eigenvalue weighted by atomic mass is 10.2. The van der Waals surface area contributed by atoms with Gasteiger partial charge in [0.1, 0.15) is 11.6 Å². The first-order valence-corrected chi connectivity index (χ1v) is 7.54. The van der Waals surface area contributed by atoms with E-state index in [0.29, 0.717) is 10.8 Å². The number of carbonyl (C=O) groups is 1. The summed E-state index contributed by atoms with van der Waals surface area (Å²) in [5, 5.41) is 3.13. The predicted molar refractivity (Wildman–Crippen MR) is 87.8 cm³/mol. The van der Waals surface area contributed by atoms with Gasteiger partial charge in [-0.3, -0.25) is 4.79 Å². The van der Waals surface area contributed by atoms with Gasteiger partial charge in [0.2, 0.25) is 0 Å². The van der Waals surface area contributed by atoms with Crippen molar-refractivity contribution in [2.24, 2.45) is 0 Å². The lowest BCUT2D eigenvalue weighted by Gasteiger charge is -2.04. The van der Waals surface area contributed by atoms with Crippen LogP contribution in [0.3, 0.4) is 0 Å². The zero-order valence-corrected chi connectivity index (χ0v) is 13.2. The van der Waals surface area contributed by atoms with Crippen molar-refractivity contribution in [3.8, 4) is 11.7 Å². The topological polar surface area (TPSA) is 51.5 Å². The number of para-hydroxylation sites is 1. The molecule has 1 N–H and O–H groups in total. The number of amides is 1. The van der Waals surface area contributed by atoms with Gasteiger partial charge in [-0.25, -0.2) is 4.39 Å². The number of halogens is 2.